The van der Waals surface area contributed by atoms with Gasteiger partial charge in [0.25, 0.3) is 11.8 Å². The van der Waals surface area contributed by atoms with E-state index in [0.29, 0.717) is 6.54 Å². The van der Waals surface area contributed by atoms with Crippen LogP contribution in [0.1, 0.15) is 54.4 Å². The highest BCUT2D eigenvalue weighted by atomic mass is 35.6. The van der Waals surface area contributed by atoms with Crippen LogP contribution in [0.5, 0.6) is 0 Å². The van der Waals surface area contributed by atoms with Crippen molar-refractivity contribution in [3.8, 4) is 0 Å². The Kier molecular flexibility index (Phi) is 11.8. The summed E-state index contributed by atoms with van der Waals surface area (Å²) in [7, 11) is 0. The van der Waals surface area contributed by atoms with Crippen LogP contribution in [0.25, 0.3) is 0 Å². The van der Waals surface area contributed by atoms with Gasteiger partial charge in [-0.2, -0.15) is 0 Å². The van der Waals surface area contributed by atoms with Crippen LogP contribution in [-0.2, 0) is 28.6 Å². The van der Waals surface area contributed by atoms with Crippen LogP contribution in [0, 0.1) is 17.8 Å². The number of nitrogens with zero attached hydrogens (tertiary/aromatic N) is 1. The molecule has 2 fully saturated rings. The summed E-state index contributed by atoms with van der Waals surface area (Å²) in [5.41, 5.74) is 3.16. The van der Waals surface area contributed by atoms with Gasteiger partial charge in [0.05, 0.1) is 18.6 Å². The van der Waals surface area contributed by atoms with E-state index in [1.54, 1.807) is 27.7 Å². The maximum Gasteiger partial charge on any atom is 0.310 e. The first kappa shape index (κ1) is 31.1. The number of allylic oxidation sites excluding steroid dienone is 2. The number of amides is 2. The fraction of sp³-hybridized carbons (Fsp3) is 0.792. The number of esters is 1. The number of hydrazine groups is 1. The molecule has 0 bridgehead atoms. The third-order valence-electron chi connectivity index (χ3n) is 6.27. The van der Waals surface area contributed by atoms with Crippen LogP contribution >= 0.6 is 34.8 Å². The summed E-state index contributed by atoms with van der Waals surface area (Å²) in [6, 6.07) is -0.990. The van der Waals surface area contributed by atoms with Crippen molar-refractivity contribution in [3.05, 3.63) is 12.2 Å². The van der Waals surface area contributed by atoms with Gasteiger partial charge >= 0.3 is 5.97 Å². The lowest BCUT2D eigenvalue weighted by Crippen LogP contribution is -2.59. The predicted molar refractivity (Wildman–Crippen MR) is 138 cm³/mol. The molecular weight excluding hydrogens is 533 g/mol. The molecule has 7 atom stereocenters. The van der Waals surface area contributed by atoms with Gasteiger partial charge in [-0.05, 0) is 38.5 Å². The highest BCUT2D eigenvalue weighted by Crippen LogP contribution is 2.34. The third-order valence-corrected chi connectivity index (χ3v) is 6.60. The molecule has 9 nitrogen and oxygen atoms in total. The summed E-state index contributed by atoms with van der Waals surface area (Å²) < 4.78 is 15.0. The van der Waals surface area contributed by atoms with Crippen LogP contribution < -0.4 is 10.7 Å². The minimum Gasteiger partial charge on any atom is -0.452 e. The topological polar surface area (TPSA) is 110 Å². The highest BCUT2D eigenvalue weighted by Gasteiger charge is 2.48. The number of epoxide rings is 1. The zero-order valence-electron chi connectivity index (χ0n) is 21.6. The van der Waals surface area contributed by atoms with Crippen molar-refractivity contribution in [2.45, 2.75) is 88.8 Å². The van der Waals surface area contributed by atoms with Crippen LogP contribution in [0.3, 0.4) is 0 Å². The van der Waals surface area contributed by atoms with E-state index in [0.717, 1.165) is 12.8 Å². The second kappa shape index (κ2) is 13.6. The molecule has 4 unspecified atom stereocenters. The van der Waals surface area contributed by atoms with Crippen LogP contribution in [0.15, 0.2) is 12.2 Å². The van der Waals surface area contributed by atoms with E-state index in [1.807, 2.05) is 26.0 Å². The Hall–Kier alpha value is -1.10. The van der Waals surface area contributed by atoms with E-state index in [2.05, 4.69) is 10.7 Å². The number of carbonyl (C=O) groups excluding carboxylic acids is 3. The number of alkyl halides is 3. The fourth-order valence-electron chi connectivity index (χ4n) is 3.92. The molecule has 0 aromatic carbocycles. The summed E-state index contributed by atoms with van der Waals surface area (Å²) >= 11 is 17.1. The van der Waals surface area contributed by atoms with Gasteiger partial charge in [-0.1, -0.05) is 74.6 Å². The summed E-state index contributed by atoms with van der Waals surface area (Å²) in [5.74, 6) is -1.98. The van der Waals surface area contributed by atoms with Crippen molar-refractivity contribution >= 4 is 52.6 Å². The molecular formula is C24H38Cl3N3O6. The molecule has 2 N–H and O–H groups in total. The molecule has 2 amide bonds. The second-order valence-electron chi connectivity index (χ2n) is 9.77. The molecule has 206 valence electrons. The second-order valence-corrected chi connectivity index (χ2v) is 12.3. The van der Waals surface area contributed by atoms with E-state index in [1.165, 1.54) is 5.01 Å². The smallest absolute Gasteiger partial charge is 0.310 e. The van der Waals surface area contributed by atoms with Gasteiger partial charge in [-0.15, -0.1) is 0 Å². The van der Waals surface area contributed by atoms with E-state index in [4.69, 9.17) is 49.0 Å². The Balaban J connectivity index is 1.90. The SMILES string of the molecule is C/C=C/C(C)C(C)C(=O)O[C@H](C(=O)N[C@@H](C)C(=O)N1CCC[C@@H](C2OC2OCC(Cl)(Cl)Cl)N1)C(C)C. The van der Waals surface area contributed by atoms with Crippen LogP contribution in [0.4, 0.5) is 0 Å². The van der Waals surface area contributed by atoms with Crippen molar-refractivity contribution in [1.29, 1.82) is 0 Å². The van der Waals surface area contributed by atoms with E-state index in [-0.39, 0.29) is 36.5 Å². The zero-order valence-corrected chi connectivity index (χ0v) is 23.9. The Labute approximate surface area is 228 Å². The molecule has 2 saturated heterocycles. The Morgan fingerprint density at radius 2 is 1.86 bits per heavy atom. The standard InChI is InChI=1S/C24H38Cl3N3O6/c1-7-9-14(4)15(5)22(33)35-18(13(2)3)20(31)28-16(6)21(32)30-11-8-10-17(29-30)19-23(36-19)34-12-24(25,26)27/h7,9,13-19,23,29H,8,10-12H2,1-6H3,(H,28,31)/b9-7+/t14?,15?,16-,17-,18-,19?,23?/m0/s1. The third kappa shape index (κ3) is 9.33. The van der Waals surface area contributed by atoms with E-state index in [9.17, 15) is 14.4 Å². The number of halogens is 3. The van der Waals surface area contributed by atoms with Gasteiger partial charge < -0.3 is 19.5 Å². The molecule has 0 spiro atoms. The monoisotopic (exact) mass is 569 g/mol. The van der Waals surface area contributed by atoms with Gasteiger partial charge in [-0.25, -0.2) is 5.43 Å². The quantitative estimate of drug-likeness (QED) is 0.169. The molecule has 2 aliphatic rings. The van der Waals surface area contributed by atoms with Crippen molar-refractivity contribution in [3.63, 3.8) is 0 Å². The lowest BCUT2D eigenvalue weighted by Gasteiger charge is -2.35. The number of ether oxygens (including phenoxy) is 3. The van der Waals surface area contributed by atoms with Crippen molar-refractivity contribution < 1.29 is 28.6 Å². The Bertz CT molecular complexity index is 806. The minimum absolute atomic E-state index is 0.0280. The molecule has 12 heteroatoms. The molecule has 0 aromatic heterocycles. The summed E-state index contributed by atoms with van der Waals surface area (Å²) in [6.45, 7) is 11.1. The molecule has 36 heavy (non-hydrogen) atoms. The van der Waals surface area contributed by atoms with E-state index >= 15 is 0 Å². The van der Waals surface area contributed by atoms with E-state index < -0.39 is 40.0 Å². The largest absolute Gasteiger partial charge is 0.452 e. The molecule has 2 heterocycles. The Morgan fingerprint density at radius 3 is 2.44 bits per heavy atom. The molecule has 0 radical (unpaired) electrons. The van der Waals surface area contributed by atoms with Gasteiger partial charge in [0.15, 0.2) is 12.4 Å². The zero-order chi connectivity index (χ0) is 27.2. The maximum absolute atomic E-state index is 13.1. The van der Waals surface area contributed by atoms with Gasteiger partial charge in [0, 0.05) is 6.54 Å². The van der Waals surface area contributed by atoms with Crippen molar-refractivity contribution in [1.82, 2.24) is 15.8 Å². The van der Waals surface area contributed by atoms with Crippen LogP contribution in [-0.4, -0.2) is 70.3 Å². The van der Waals surface area contributed by atoms with Crippen molar-refractivity contribution in [2.24, 2.45) is 17.8 Å². The summed E-state index contributed by atoms with van der Waals surface area (Å²) in [5, 5.41) is 4.18. The van der Waals surface area contributed by atoms with Crippen LogP contribution in [0.2, 0.25) is 0 Å². The first-order valence-corrected chi connectivity index (χ1v) is 13.4. The Morgan fingerprint density at radius 1 is 1.19 bits per heavy atom. The van der Waals surface area contributed by atoms with Gasteiger partial charge in [-0.3, -0.25) is 19.4 Å². The first-order valence-electron chi connectivity index (χ1n) is 12.3. The molecule has 0 aromatic rings. The average molecular weight is 571 g/mol. The highest BCUT2D eigenvalue weighted by molar-refractivity contribution is 6.67. The number of hydrogen-bond donors (Lipinski definition) is 2. The molecule has 0 saturated carbocycles. The normalized spacial score (nSPS) is 25.8. The lowest BCUT2D eigenvalue weighted by atomic mass is 9.95. The van der Waals surface area contributed by atoms with Gasteiger partial charge in [0.2, 0.25) is 3.79 Å². The predicted octanol–water partition coefficient (Wildman–Crippen LogP) is 3.51. The first-order chi connectivity index (χ1) is 16.7. The number of rotatable bonds is 11. The molecule has 2 aliphatic heterocycles. The lowest BCUT2D eigenvalue weighted by molar-refractivity contribution is -0.163. The average Bonchev–Trinajstić information content (AvgIpc) is 3.59. The molecule has 0 aliphatic carbocycles. The van der Waals surface area contributed by atoms with Crippen molar-refractivity contribution in [2.75, 3.05) is 13.2 Å². The molecule has 2 rings (SSSR count). The number of nitrogens with one attached hydrogen (secondary N) is 2. The minimum atomic E-state index is -1.53. The summed E-state index contributed by atoms with van der Waals surface area (Å²) in [6.07, 6.45) is 3.52. The fourth-order valence-corrected chi connectivity index (χ4v) is 4.10. The summed E-state index contributed by atoms with van der Waals surface area (Å²) in [4.78, 5) is 38.6. The van der Waals surface area contributed by atoms with Gasteiger partial charge in [0.1, 0.15) is 12.1 Å². The maximum atomic E-state index is 13.1. The number of hydrogen-bond acceptors (Lipinski definition) is 7. The number of carbonyl (C=O) groups is 3.